The summed E-state index contributed by atoms with van der Waals surface area (Å²) in [7, 11) is 0. The second kappa shape index (κ2) is 2.10. The number of hydrogen-bond acceptors (Lipinski definition) is 1. The molecule has 0 aromatic carbocycles. The Bertz CT molecular complexity index is 197. The summed E-state index contributed by atoms with van der Waals surface area (Å²) in [6.07, 6.45) is 2.47. The number of rotatable bonds is 0. The lowest BCUT2D eigenvalue weighted by atomic mass is 9.85. The van der Waals surface area contributed by atoms with Crippen molar-refractivity contribution in [2.75, 3.05) is 6.61 Å². The Hall–Kier alpha value is -0.300. The fraction of sp³-hybridized carbons (Fsp3) is 0.800. The molecule has 1 saturated heterocycles. The van der Waals surface area contributed by atoms with Crippen molar-refractivity contribution in [1.29, 1.82) is 0 Å². The Kier molecular flexibility index (Phi) is 1.40. The molecule has 2 rings (SSSR count). The Labute approximate surface area is 68.4 Å². The zero-order valence-corrected chi connectivity index (χ0v) is 7.39. The smallest absolute Gasteiger partial charge is 0.0864 e. The van der Waals surface area contributed by atoms with Crippen molar-refractivity contribution in [3.8, 4) is 0 Å². The predicted octanol–water partition coefficient (Wildman–Crippen LogP) is 2.38. The Morgan fingerprint density at radius 3 is 3.00 bits per heavy atom. The first-order valence-electron chi connectivity index (χ1n) is 4.47. The third-order valence-electron chi connectivity index (χ3n) is 3.41. The van der Waals surface area contributed by atoms with Gasteiger partial charge in [-0.1, -0.05) is 13.5 Å². The van der Waals surface area contributed by atoms with Gasteiger partial charge in [-0.25, -0.2) is 0 Å². The molecule has 0 N–H and O–H groups in total. The summed E-state index contributed by atoms with van der Waals surface area (Å²) in [4.78, 5) is 0. The third kappa shape index (κ3) is 0.871. The van der Waals surface area contributed by atoms with Gasteiger partial charge in [0.2, 0.25) is 0 Å². The third-order valence-corrected chi connectivity index (χ3v) is 3.41. The highest BCUT2D eigenvalue weighted by Gasteiger charge is 2.45. The van der Waals surface area contributed by atoms with Crippen molar-refractivity contribution in [1.82, 2.24) is 0 Å². The van der Waals surface area contributed by atoms with E-state index in [9.17, 15) is 0 Å². The summed E-state index contributed by atoms with van der Waals surface area (Å²) in [5, 5.41) is 0. The van der Waals surface area contributed by atoms with E-state index in [1.807, 2.05) is 0 Å². The van der Waals surface area contributed by atoms with E-state index in [4.69, 9.17) is 4.74 Å². The van der Waals surface area contributed by atoms with Gasteiger partial charge in [0.05, 0.1) is 12.2 Å². The van der Waals surface area contributed by atoms with E-state index in [0.29, 0.717) is 5.92 Å². The highest BCUT2D eigenvalue weighted by Crippen LogP contribution is 2.48. The molecule has 2 bridgehead atoms. The van der Waals surface area contributed by atoms with Gasteiger partial charge in [-0.15, -0.1) is 0 Å². The minimum Gasteiger partial charge on any atom is -0.371 e. The molecule has 1 heterocycles. The zero-order chi connectivity index (χ0) is 8.06. The molecule has 0 aromatic rings. The maximum absolute atomic E-state index is 5.78. The van der Waals surface area contributed by atoms with Crippen molar-refractivity contribution in [2.24, 2.45) is 11.8 Å². The quantitative estimate of drug-likeness (QED) is 0.484. The Morgan fingerprint density at radius 1 is 1.64 bits per heavy atom. The lowest BCUT2D eigenvalue weighted by Gasteiger charge is -2.35. The molecule has 1 heteroatoms. The molecule has 0 aromatic heterocycles. The molecule has 3 atom stereocenters. The lowest BCUT2D eigenvalue weighted by Crippen LogP contribution is -2.36. The van der Waals surface area contributed by atoms with Crippen LogP contribution in [0.3, 0.4) is 0 Å². The van der Waals surface area contributed by atoms with Gasteiger partial charge >= 0.3 is 0 Å². The fourth-order valence-electron chi connectivity index (χ4n) is 2.38. The minimum absolute atomic E-state index is 0.0389. The van der Waals surface area contributed by atoms with Crippen LogP contribution in [0.25, 0.3) is 0 Å². The van der Waals surface area contributed by atoms with Crippen LogP contribution in [0.15, 0.2) is 12.2 Å². The van der Waals surface area contributed by atoms with Crippen molar-refractivity contribution < 1.29 is 4.74 Å². The van der Waals surface area contributed by atoms with Crippen LogP contribution in [0.4, 0.5) is 0 Å². The highest BCUT2D eigenvalue weighted by atomic mass is 16.5. The fourth-order valence-corrected chi connectivity index (χ4v) is 2.38. The van der Waals surface area contributed by atoms with E-state index in [-0.39, 0.29) is 5.60 Å². The standard InChI is InChI=1S/C10H16O/c1-7-6-11-10(3)5-4-9(7)8(10)2/h7,9H,2,4-6H2,1,3H3/t7-,9-,10-/m1/s1. The van der Waals surface area contributed by atoms with E-state index in [0.717, 1.165) is 12.5 Å². The Balaban J connectivity index is 2.29. The van der Waals surface area contributed by atoms with E-state index in [1.165, 1.54) is 18.4 Å². The summed E-state index contributed by atoms with van der Waals surface area (Å²) in [6, 6.07) is 0. The summed E-state index contributed by atoms with van der Waals surface area (Å²) >= 11 is 0. The Morgan fingerprint density at radius 2 is 2.36 bits per heavy atom. The summed E-state index contributed by atoms with van der Waals surface area (Å²) < 4.78 is 5.78. The number of ether oxygens (including phenoxy) is 1. The first-order chi connectivity index (χ1) is 5.13. The second-order valence-electron chi connectivity index (χ2n) is 4.19. The van der Waals surface area contributed by atoms with Crippen molar-refractivity contribution >= 4 is 0 Å². The van der Waals surface area contributed by atoms with Crippen LogP contribution < -0.4 is 0 Å². The molecule has 0 spiro atoms. The van der Waals surface area contributed by atoms with Crippen molar-refractivity contribution in [3.63, 3.8) is 0 Å². The van der Waals surface area contributed by atoms with Crippen LogP contribution in [0.2, 0.25) is 0 Å². The molecule has 62 valence electrons. The van der Waals surface area contributed by atoms with Gasteiger partial charge in [0, 0.05) is 0 Å². The monoisotopic (exact) mass is 152 g/mol. The average Bonchev–Trinajstić information content (AvgIpc) is 2.14. The van der Waals surface area contributed by atoms with Gasteiger partial charge in [-0.3, -0.25) is 0 Å². The molecule has 11 heavy (non-hydrogen) atoms. The van der Waals surface area contributed by atoms with Crippen molar-refractivity contribution in [2.45, 2.75) is 32.3 Å². The van der Waals surface area contributed by atoms with Crippen molar-refractivity contribution in [3.05, 3.63) is 12.2 Å². The molecular formula is C10H16O. The molecule has 0 unspecified atom stereocenters. The molecule has 2 fully saturated rings. The van der Waals surface area contributed by atoms with Gasteiger partial charge in [-0.05, 0) is 37.2 Å². The van der Waals surface area contributed by atoms with E-state index < -0.39 is 0 Å². The van der Waals surface area contributed by atoms with Gasteiger partial charge in [0.25, 0.3) is 0 Å². The molecule has 1 nitrogen and oxygen atoms in total. The topological polar surface area (TPSA) is 9.23 Å². The molecule has 2 aliphatic rings. The van der Waals surface area contributed by atoms with Crippen LogP contribution in [-0.4, -0.2) is 12.2 Å². The van der Waals surface area contributed by atoms with Gasteiger partial charge in [0.1, 0.15) is 0 Å². The summed E-state index contributed by atoms with van der Waals surface area (Å²) in [6.45, 7) is 9.51. The van der Waals surface area contributed by atoms with Crippen LogP contribution in [0.5, 0.6) is 0 Å². The van der Waals surface area contributed by atoms with E-state index in [1.54, 1.807) is 0 Å². The van der Waals surface area contributed by atoms with Crippen LogP contribution >= 0.6 is 0 Å². The maximum atomic E-state index is 5.78. The molecule has 1 saturated carbocycles. The second-order valence-corrected chi connectivity index (χ2v) is 4.19. The van der Waals surface area contributed by atoms with Crippen LogP contribution in [0.1, 0.15) is 26.7 Å². The molecule has 0 amide bonds. The van der Waals surface area contributed by atoms with Gasteiger partial charge < -0.3 is 4.74 Å². The SMILES string of the molecule is C=C1[C@@H]2CC[C@@]1(C)OC[C@H]2C. The summed E-state index contributed by atoms with van der Waals surface area (Å²) in [5.41, 5.74) is 1.38. The van der Waals surface area contributed by atoms with Gasteiger partial charge in [-0.2, -0.15) is 0 Å². The first kappa shape index (κ1) is 7.35. The first-order valence-corrected chi connectivity index (χ1v) is 4.47. The van der Waals surface area contributed by atoms with Crippen LogP contribution in [-0.2, 0) is 4.74 Å². The summed E-state index contributed by atoms with van der Waals surface area (Å²) in [5.74, 6) is 1.44. The zero-order valence-electron chi connectivity index (χ0n) is 7.39. The number of hydrogen-bond donors (Lipinski definition) is 0. The van der Waals surface area contributed by atoms with E-state index in [2.05, 4.69) is 20.4 Å². The maximum Gasteiger partial charge on any atom is 0.0864 e. The van der Waals surface area contributed by atoms with E-state index >= 15 is 0 Å². The largest absolute Gasteiger partial charge is 0.371 e. The lowest BCUT2D eigenvalue weighted by molar-refractivity contribution is -0.0352. The normalized spacial score (nSPS) is 49.8. The van der Waals surface area contributed by atoms with Gasteiger partial charge in [0.15, 0.2) is 0 Å². The number of fused-ring (bicyclic) bond motifs is 2. The molecular weight excluding hydrogens is 136 g/mol. The average molecular weight is 152 g/mol. The molecule has 1 aliphatic heterocycles. The molecule has 0 radical (unpaired) electrons. The van der Waals surface area contributed by atoms with Crippen LogP contribution in [0, 0.1) is 11.8 Å². The molecule has 1 aliphatic carbocycles. The predicted molar refractivity (Wildman–Crippen MR) is 45.4 cm³/mol. The highest BCUT2D eigenvalue weighted by molar-refractivity contribution is 5.23. The minimum atomic E-state index is 0.0389.